The Bertz CT molecular complexity index is 359. The second kappa shape index (κ2) is 4.82. The number of aryl methyl sites for hydroxylation is 1. The number of hydrogen-bond donors (Lipinski definition) is 2. The van der Waals surface area contributed by atoms with Crippen LogP contribution in [0.25, 0.3) is 0 Å². The number of carbonyl (C=O) groups excluding carboxylic acids is 1. The fourth-order valence-corrected chi connectivity index (χ4v) is 1.18. The molecule has 0 saturated heterocycles. The quantitative estimate of drug-likeness (QED) is 0.743. The Morgan fingerprint density at radius 2 is 2.13 bits per heavy atom. The molecule has 1 aromatic carbocycles. The Morgan fingerprint density at radius 3 is 2.67 bits per heavy atom. The first-order chi connectivity index (χ1) is 7.00. The van der Waals surface area contributed by atoms with Gasteiger partial charge in [0.05, 0.1) is 0 Å². The highest BCUT2D eigenvalue weighted by molar-refractivity contribution is 5.95. The lowest BCUT2D eigenvalue weighted by atomic mass is 10.1. The summed E-state index contributed by atoms with van der Waals surface area (Å²) in [5.41, 5.74) is 8.01. The molecule has 0 aromatic heterocycles. The number of nitrogen functional groups attached to an aromatic ring is 1. The zero-order valence-corrected chi connectivity index (χ0v) is 9.50. The average Bonchev–Trinajstić information content (AvgIpc) is 2.18. The Kier molecular flexibility index (Phi) is 3.72. The molecule has 15 heavy (non-hydrogen) atoms. The van der Waals surface area contributed by atoms with E-state index in [1.807, 2.05) is 13.0 Å². The fourth-order valence-electron chi connectivity index (χ4n) is 1.18. The second-order valence-electron chi connectivity index (χ2n) is 4.18. The number of rotatable bonds is 3. The van der Waals surface area contributed by atoms with Crippen molar-refractivity contribution in [2.45, 2.75) is 20.8 Å². The van der Waals surface area contributed by atoms with Crippen LogP contribution in [-0.2, 0) is 0 Å². The van der Waals surface area contributed by atoms with Gasteiger partial charge in [0.2, 0.25) is 0 Å². The molecule has 0 aliphatic heterocycles. The van der Waals surface area contributed by atoms with Gasteiger partial charge in [0, 0.05) is 17.8 Å². The van der Waals surface area contributed by atoms with E-state index in [9.17, 15) is 4.79 Å². The summed E-state index contributed by atoms with van der Waals surface area (Å²) in [4.78, 5) is 11.6. The Hall–Kier alpha value is -1.51. The van der Waals surface area contributed by atoms with Gasteiger partial charge in [0.1, 0.15) is 0 Å². The topological polar surface area (TPSA) is 55.1 Å². The average molecular weight is 206 g/mol. The highest BCUT2D eigenvalue weighted by atomic mass is 16.1. The molecule has 1 aromatic rings. The van der Waals surface area contributed by atoms with Gasteiger partial charge >= 0.3 is 0 Å². The van der Waals surface area contributed by atoms with E-state index in [4.69, 9.17) is 5.73 Å². The van der Waals surface area contributed by atoms with E-state index in [1.54, 1.807) is 12.1 Å². The van der Waals surface area contributed by atoms with Gasteiger partial charge in [0.15, 0.2) is 0 Å². The van der Waals surface area contributed by atoms with Gasteiger partial charge in [0.25, 0.3) is 5.91 Å². The lowest BCUT2D eigenvalue weighted by Crippen LogP contribution is -2.27. The summed E-state index contributed by atoms with van der Waals surface area (Å²) in [6.45, 7) is 6.73. The van der Waals surface area contributed by atoms with Crippen molar-refractivity contribution in [1.29, 1.82) is 0 Å². The number of nitrogens with two attached hydrogens (primary N) is 1. The van der Waals surface area contributed by atoms with E-state index in [0.717, 1.165) is 5.56 Å². The molecule has 0 aliphatic carbocycles. The van der Waals surface area contributed by atoms with Crippen LogP contribution in [0.2, 0.25) is 0 Å². The van der Waals surface area contributed by atoms with E-state index in [2.05, 4.69) is 19.2 Å². The number of nitrogens with one attached hydrogen (secondary N) is 1. The van der Waals surface area contributed by atoms with Gasteiger partial charge in [-0.25, -0.2) is 0 Å². The van der Waals surface area contributed by atoms with Gasteiger partial charge in [-0.3, -0.25) is 4.79 Å². The molecule has 0 saturated carbocycles. The minimum absolute atomic E-state index is 0.0598. The third-order valence-corrected chi connectivity index (χ3v) is 2.21. The molecule has 3 N–H and O–H groups in total. The minimum Gasteiger partial charge on any atom is -0.398 e. The van der Waals surface area contributed by atoms with Crippen molar-refractivity contribution < 1.29 is 4.79 Å². The third-order valence-electron chi connectivity index (χ3n) is 2.21. The van der Waals surface area contributed by atoms with Crippen LogP contribution >= 0.6 is 0 Å². The van der Waals surface area contributed by atoms with Crippen LogP contribution < -0.4 is 11.1 Å². The largest absolute Gasteiger partial charge is 0.398 e. The monoisotopic (exact) mass is 206 g/mol. The molecule has 0 atom stereocenters. The molecule has 0 bridgehead atoms. The van der Waals surface area contributed by atoms with E-state index >= 15 is 0 Å². The predicted molar refractivity (Wildman–Crippen MR) is 62.8 cm³/mol. The Morgan fingerprint density at radius 1 is 1.47 bits per heavy atom. The van der Waals surface area contributed by atoms with Gasteiger partial charge in [-0.05, 0) is 30.5 Å². The number of amides is 1. The molecule has 82 valence electrons. The van der Waals surface area contributed by atoms with E-state index in [-0.39, 0.29) is 5.91 Å². The van der Waals surface area contributed by atoms with Gasteiger partial charge in [-0.2, -0.15) is 0 Å². The summed E-state index contributed by atoms with van der Waals surface area (Å²) < 4.78 is 0. The first kappa shape index (κ1) is 11.6. The number of hydrogen-bond acceptors (Lipinski definition) is 2. The summed E-state index contributed by atoms with van der Waals surface area (Å²) in [6, 6.07) is 5.37. The molecule has 3 nitrogen and oxygen atoms in total. The standard InChI is InChI=1S/C12H18N2O/c1-8(2)7-14-12(15)10-5-4-9(3)11(13)6-10/h4-6,8H,7,13H2,1-3H3,(H,14,15). The maximum absolute atomic E-state index is 11.6. The molecule has 0 unspecified atom stereocenters. The molecular formula is C12H18N2O. The van der Waals surface area contributed by atoms with Crippen molar-refractivity contribution >= 4 is 11.6 Å². The zero-order valence-electron chi connectivity index (χ0n) is 9.50. The highest BCUT2D eigenvalue weighted by Gasteiger charge is 2.06. The minimum atomic E-state index is -0.0598. The molecule has 3 heteroatoms. The van der Waals surface area contributed by atoms with Gasteiger partial charge in [-0.15, -0.1) is 0 Å². The van der Waals surface area contributed by atoms with E-state index < -0.39 is 0 Å². The van der Waals surface area contributed by atoms with Crippen LogP contribution in [0.5, 0.6) is 0 Å². The van der Waals surface area contributed by atoms with Crippen LogP contribution in [0.1, 0.15) is 29.8 Å². The predicted octanol–water partition coefficient (Wildman–Crippen LogP) is 1.96. The second-order valence-corrected chi connectivity index (χ2v) is 4.18. The summed E-state index contributed by atoms with van der Waals surface area (Å²) in [5.74, 6) is 0.396. The third kappa shape index (κ3) is 3.27. The van der Waals surface area contributed by atoms with Crippen molar-refractivity contribution in [3.63, 3.8) is 0 Å². The first-order valence-electron chi connectivity index (χ1n) is 5.15. The first-order valence-corrected chi connectivity index (χ1v) is 5.15. The van der Waals surface area contributed by atoms with Crippen molar-refractivity contribution in [2.24, 2.45) is 5.92 Å². The van der Waals surface area contributed by atoms with Crippen LogP contribution in [-0.4, -0.2) is 12.5 Å². The molecule has 0 fully saturated rings. The maximum atomic E-state index is 11.6. The summed E-state index contributed by atoms with van der Waals surface area (Å²) in [6.07, 6.45) is 0. The molecule has 0 radical (unpaired) electrons. The molecule has 1 rings (SSSR count). The van der Waals surface area contributed by atoms with Crippen molar-refractivity contribution in [3.8, 4) is 0 Å². The van der Waals surface area contributed by atoms with E-state index in [0.29, 0.717) is 23.7 Å². The van der Waals surface area contributed by atoms with Gasteiger partial charge in [-0.1, -0.05) is 19.9 Å². The van der Waals surface area contributed by atoms with Crippen LogP contribution in [0, 0.1) is 12.8 Å². The van der Waals surface area contributed by atoms with Crippen molar-refractivity contribution in [2.75, 3.05) is 12.3 Å². The fraction of sp³-hybridized carbons (Fsp3) is 0.417. The molecule has 0 spiro atoms. The summed E-state index contributed by atoms with van der Waals surface area (Å²) in [5, 5.41) is 2.85. The molecule has 0 heterocycles. The molecule has 1 amide bonds. The van der Waals surface area contributed by atoms with Crippen LogP contribution in [0.15, 0.2) is 18.2 Å². The SMILES string of the molecule is Cc1ccc(C(=O)NCC(C)C)cc1N. The number of anilines is 1. The van der Waals surface area contributed by atoms with Crippen molar-refractivity contribution in [1.82, 2.24) is 5.32 Å². The van der Waals surface area contributed by atoms with Crippen molar-refractivity contribution in [3.05, 3.63) is 29.3 Å². The summed E-state index contributed by atoms with van der Waals surface area (Å²) >= 11 is 0. The van der Waals surface area contributed by atoms with Crippen LogP contribution in [0.4, 0.5) is 5.69 Å². The number of benzene rings is 1. The van der Waals surface area contributed by atoms with E-state index in [1.165, 1.54) is 0 Å². The number of carbonyl (C=O) groups is 1. The highest BCUT2D eigenvalue weighted by Crippen LogP contribution is 2.12. The smallest absolute Gasteiger partial charge is 0.251 e. The lowest BCUT2D eigenvalue weighted by Gasteiger charge is -2.08. The maximum Gasteiger partial charge on any atom is 0.251 e. The lowest BCUT2D eigenvalue weighted by molar-refractivity contribution is 0.0949. The Balaban J connectivity index is 2.70. The molecular weight excluding hydrogens is 188 g/mol. The normalized spacial score (nSPS) is 10.4. The molecule has 0 aliphatic rings. The van der Waals surface area contributed by atoms with Gasteiger partial charge < -0.3 is 11.1 Å². The van der Waals surface area contributed by atoms with Crippen LogP contribution in [0.3, 0.4) is 0 Å². The summed E-state index contributed by atoms with van der Waals surface area (Å²) in [7, 11) is 0. The Labute approximate surface area is 90.7 Å². The zero-order chi connectivity index (χ0) is 11.4.